The number of anilines is 1. The Kier molecular flexibility index (Phi) is 6.70. The maximum atomic E-state index is 13.3. The first-order chi connectivity index (χ1) is 16.0. The molecule has 0 aliphatic heterocycles. The minimum Gasteiger partial charge on any atom is -0.396 e. The lowest BCUT2D eigenvalue weighted by Crippen LogP contribution is -2.26. The number of aliphatic hydroxyl groups excluding tert-OH is 2. The number of halogens is 1. The summed E-state index contributed by atoms with van der Waals surface area (Å²) in [6, 6.07) is 12.4. The van der Waals surface area contributed by atoms with E-state index < -0.39 is 6.04 Å². The molecule has 4 aromatic rings. The lowest BCUT2D eigenvalue weighted by atomic mass is 10.2. The summed E-state index contributed by atoms with van der Waals surface area (Å²) in [5, 5.41) is 36.5. The Morgan fingerprint density at radius 1 is 1.21 bits per heavy atom. The van der Waals surface area contributed by atoms with Crippen LogP contribution in [0, 0.1) is 11.3 Å². The van der Waals surface area contributed by atoms with Gasteiger partial charge in [-0.1, -0.05) is 29.8 Å². The van der Waals surface area contributed by atoms with E-state index in [-0.39, 0.29) is 24.3 Å². The summed E-state index contributed by atoms with van der Waals surface area (Å²) in [7, 11) is 0. The standard InChI is InChI=1S/C23H21ClN6O3/c24-19-4-2-1-3-15(19)13-30-20-5-7-29(23(33)18(20)12-27-30)21-9-22(26-11-16(21)10-25)28-17(14-32)6-8-31/h1-5,7,9,11-12,17,31-32H,6,8,13-14H2,(H,26,28)/t17-/m0/s1. The number of fused-ring (bicyclic) bond motifs is 1. The van der Waals surface area contributed by atoms with Crippen LogP contribution in [0.1, 0.15) is 17.5 Å². The van der Waals surface area contributed by atoms with Gasteiger partial charge in [-0.2, -0.15) is 10.4 Å². The molecule has 4 rings (SSSR count). The van der Waals surface area contributed by atoms with E-state index in [4.69, 9.17) is 16.7 Å². The molecule has 3 N–H and O–H groups in total. The first-order valence-corrected chi connectivity index (χ1v) is 10.6. The van der Waals surface area contributed by atoms with Crippen LogP contribution in [0.15, 0.2) is 59.8 Å². The van der Waals surface area contributed by atoms with Crippen molar-refractivity contribution in [2.75, 3.05) is 18.5 Å². The molecule has 0 aliphatic rings. The van der Waals surface area contributed by atoms with Crippen molar-refractivity contribution in [3.8, 4) is 11.8 Å². The van der Waals surface area contributed by atoms with Crippen LogP contribution in [0.5, 0.6) is 0 Å². The van der Waals surface area contributed by atoms with Crippen LogP contribution in [0.4, 0.5) is 5.82 Å². The predicted molar refractivity (Wildman–Crippen MR) is 125 cm³/mol. The summed E-state index contributed by atoms with van der Waals surface area (Å²) < 4.78 is 3.07. The van der Waals surface area contributed by atoms with Gasteiger partial charge in [0.05, 0.1) is 47.5 Å². The topological polar surface area (TPSA) is 129 Å². The Morgan fingerprint density at radius 2 is 2.03 bits per heavy atom. The van der Waals surface area contributed by atoms with Crippen LogP contribution in [0.25, 0.3) is 16.6 Å². The number of aliphatic hydroxyl groups is 2. The summed E-state index contributed by atoms with van der Waals surface area (Å²) in [5.41, 5.74) is 1.76. The highest BCUT2D eigenvalue weighted by molar-refractivity contribution is 6.31. The fourth-order valence-corrected chi connectivity index (χ4v) is 3.76. The van der Waals surface area contributed by atoms with Crippen molar-refractivity contribution in [3.05, 3.63) is 81.5 Å². The van der Waals surface area contributed by atoms with Gasteiger partial charge in [-0.25, -0.2) is 4.98 Å². The van der Waals surface area contributed by atoms with Gasteiger partial charge in [0.1, 0.15) is 11.9 Å². The van der Waals surface area contributed by atoms with Gasteiger partial charge >= 0.3 is 0 Å². The third-order valence-corrected chi connectivity index (χ3v) is 5.67. The molecular formula is C23H21ClN6O3. The molecule has 0 saturated carbocycles. The third-order valence-electron chi connectivity index (χ3n) is 5.30. The Hall–Kier alpha value is -3.71. The molecule has 1 atom stereocenters. The Morgan fingerprint density at radius 3 is 2.76 bits per heavy atom. The minimum atomic E-state index is -0.412. The van der Waals surface area contributed by atoms with E-state index in [0.29, 0.717) is 40.4 Å². The first kappa shape index (κ1) is 22.5. The number of nitrogens with one attached hydrogen (secondary N) is 1. The minimum absolute atomic E-state index is 0.102. The average Bonchev–Trinajstić information content (AvgIpc) is 3.24. The highest BCUT2D eigenvalue weighted by Gasteiger charge is 2.15. The SMILES string of the molecule is N#Cc1cnc(N[C@H](CO)CCO)cc1-n1ccc2c(cnn2Cc2ccccc2Cl)c1=O. The number of hydrogen-bond donors (Lipinski definition) is 3. The molecule has 0 saturated heterocycles. The Labute approximate surface area is 194 Å². The maximum absolute atomic E-state index is 13.3. The van der Waals surface area contributed by atoms with Crippen molar-refractivity contribution >= 4 is 28.3 Å². The molecule has 168 valence electrons. The quantitative estimate of drug-likeness (QED) is 0.365. The predicted octanol–water partition coefficient (Wildman–Crippen LogP) is 2.31. The number of benzene rings is 1. The highest BCUT2D eigenvalue weighted by Crippen LogP contribution is 2.21. The van der Waals surface area contributed by atoms with Crippen molar-refractivity contribution in [2.45, 2.75) is 19.0 Å². The van der Waals surface area contributed by atoms with Crippen LogP contribution in [0.2, 0.25) is 5.02 Å². The van der Waals surface area contributed by atoms with Gasteiger partial charge in [0.25, 0.3) is 5.56 Å². The fourth-order valence-electron chi connectivity index (χ4n) is 3.56. The smallest absolute Gasteiger partial charge is 0.266 e. The largest absolute Gasteiger partial charge is 0.396 e. The number of pyridine rings is 2. The normalized spacial score (nSPS) is 11.9. The van der Waals surface area contributed by atoms with Crippen molar-refractivity contribution in [2.24, 2.45) is 0 Å². The molecule has 0 fully saturated rings. The van der Waals surface area contributed by atoms with Gasteiger partial charge in [-0.3, -0.25) is 14.0 Å². The molecule has 0 bridgehead atoms. The molecule has 0 aliphatic carbocycles. The van der Waals surface area contributed by atoms with E-state index in [9.17, 15) is 15.2 Å². The maximum Gasteiger partial charge on any atom is 0.266 e. The summed E-state index contributed by atoms with van der Waals surface area (Å²) in [6.07, 6.45) is 4.78. The van der Waals surface area contributed by atoms with E-state index in [0.717, 1.165) is 5.56 Å². The molecule has 0 amide bonds. The van der Waals surface area contributed by atoms with Crippen LogP contribution in [0.3, 0.4) is 0 Å². The van der Waals surface area contributed by atoms with Gasteiger partial charge in [-0.15, -0.1) is 0 Å². The van der Waals surface area contributed by atoms with Crippen molar-refractivity contribution in [1.82, 2.24) is 19.3 Å². The van der Waals surface area contributed by atoms with Gasteiger partial charge in [0.2, 0.25) is 0 Å². The zero-order chi connectivity index (χ0) is 23.4. The zero-order valence-corrected chi connectivity index (χ0v) is 18.3. The fraction of sp³-hybridized carbons (Fsp3) is 0.217. The third kappa shape index (κ3) is 4.59. The van der Waals surface area contributed by atoms with E-state index >= 15 is 0 Å². The van der Waals surface area contributed by atoms with Crippen molar-refractivity contribution in [3.63, 3.8) is 0 Å². The van der Waals surface area contributed by atoms with Gasteiger partial charge < -0.3 is 15.5 Å². The average molecular weight is 465 g/mol. The second-order valence-electron chi connectivity index (χ2n) is 7.42. The molecule has 9 nitrogen and oxygen atoms in total. The molecule has 3 aromatic heterocycles. The molecule has 0 radical (unpaired) electrons. The molecule has 10 heteroatoms. The number of nitriles is 1. The Balaban J connectivity index is 1.74. The second-order valence-corrected chi connectivity index (χ2v) is 7.83. The molecular weight excluding hydrogens is 444 g/mol. The number of hydrogen-bond acceptors (Lipinski definition) is 7. The molecule has 0 unspecified atom stereocenters. The lowest BCUT2D eigenvalue weighted by molar-refractivity contribution is 0.228. The van der Waals surface area contributed by atoms with Crippen LogP contribution in [-0.2, 0) is 6.54 Å². The van der Waals surface area contributed by atoms with E-state index in [1.165, 1.54) is 17.0 Å². The summed E-state index contributed by atoms with van der Waals surface area (Å²) in [4.78, 5) is 17.5. The van der Waals surface area contributed by atoms with Crippen LogP contribution in [-0.4, -0.2) is 48.8 Å². The molecule has 3 heterocycles. The van der Waals surface area contributed by atoms with Crippen LogP contribution < -0.4 is 10.9 Å². The molecule has 1 aromatic carbocycles. The summed E-state index contributed by atoms with van der Waals surface area (Å²) in [5.74, 6) is 0.373. The number of nitrogens with zero attached hydrogens (tertiary/aromatic N) is 5. The van der Waals surface area contributed by atoms with Gasteiger partial charge in [0.15, 0.2) is 0 Å². The molecule has 0 spiro atoms. The number of aromatic nitrogens is 4. The van der Waals surface area contributed by atoms with Crippen molar-refractivity contribution < 1.29 is 10.2 Å². The number of rotatable bonds is 8. The monoisotopic (exact) mass is 464 g/mol. The van der Waals surface area contributed by atoms with Crippen LogP contribution >= 0.6 is 11.6 Å². The van der Waals surface area contributed by atoms with Gasteiger partial charge in [-0.05, 0) is 24.1 Å². The van der Waals surface area contributed by atoms with E-state index in [2.05, 4.69) is 21.5 Å². The summed E-state index contributed by atoms with van der Waals surface area (Å²) in [6.45, 7) is 0.108. The van der Waals surface area contributed by atoms with Gasteiger partial charge in [0, 0.05) is 30.1 Å². The lowest BCUT2D eigenvalue weighted by Gasteiger charge is -2.17. The van der Waals surface area contributed by atoms with E-state index in [1.54, 1.807) is 29.1 Å². The Bertz CT molecular complexity index is 1390. The van der Waals surface area contributed by atoms with Crippen molar-refractivity contribution in [1.29, 1.82) is 5.26 Å². The second kappa shape index (κ2) is 9.83. The van der Waals surface area contributed by atoms with E-state index in [1.807, 2.05) is 18.2 Å². The zero-order valence-electron chi connectivity index (χ0n) is 17.5. The first-order valence-electron chi connectivity index (χ1n) is 10.2. The summed E-state index contributed by atoms with van der Waals surface area (Å²) >= 11 is 6.26. The molecule has 33 heavy (non-hydrogen) atoms. The highest BCUT2D eigenvalue weighted by atomic mass is 35.5.